The highest BCUT2D eigenvalue weighted by molar-refractivity contribution is 6.30. The number of rotatable bonds is 6. The summed E-state index contributed by atoms with van der Waals surface area (Å²) < 4.78 is 24.5. The van der Waals surface area contributed by atoms with Crippen molar-refractivity contribution in [3.8, 4) is 0 Å². The maximum absolute atomic E-state index is 14.2. The number of Topliss-reactive ketones (excluding diaryl/α,β-unsaturated/α-hetero) is 1. The number of hydrogen-bond acceptors (Lipinski definition) is 5. The minimum atomic E-state index is -0.703. The highest BCUT2D eigenvalue weighted by Gasteiger charge is 2.41. The highest BCUT2D eigenvalue weighted by atomic mass is 35.5. The van der Waals surface area contributed by atoms with E-state index in [1.54, 1.807) is 19.1 Å². The molecule has 0 unspecified atom stereocenters. The third kappa shape index (κ3) is 4.87. The first kappa shape index (κ1) is 23.2. The SMILES string of the molecule is COCCOC(=O)C1=C(C)NC2=C(C(=O)C[C@@H](c3ccc(Cl)cc3)C2)[C@@H]1c1cccc(F)c1. The van der Waals surface area contributed by atoms with Gasteiger partial charge in [0, 0.05) is 41.4 Å². The van der Waals surface area contributed by atoms with E-state index in [1.807, 2.05) is 24.3 Å². The van der Waals surface area contributed by atoms with Crippen LogP contribution in [0.15, 0.2) is 71.1 Å². The van der Waals surface area contributed by atoms with Crippen molar-refractivity contribution in [3.63, 3.8) is 0 Å². The highest BCUT2D eigenvalue weighted by Crippen LogP contribution is 2.45. The number of esters is 1. The minimum Gasteiger partial charge on any atom is -0.460 e. The number of carbonyl (C=O) groups is 2. The van der Waals surface area contributed by atoms with Crippen LogP contribution in [0.2, 0.25) is 5.02 Å². The molecule has 2 aromatic rings. The van der Waals surface area contributed by atoms with Gasteiger partial charge in [-0.15, -0.1) is 0 Å². The molecule has 172 valence electrons. The molecule has 1 aliphatic heterocycles. The minimum absolute atomic E-state index is 0.0165. The molecule has 0 bridgehead atoms. The van der Waals surface area contributed by atoms with E-state index in [2.05, 4.69) is 5.32 Å². The molecule has 2 aromatic carbocycles. The Morgan fingerprint density at radius 3 is 2.58 bits per heavy atom. The van der Waals surface area contributed by atoms with E-state index in [-0.39, 0.29) is 24.9 Å². The third-order valence-electron chi connectivity index (χ3n) is 6.09. The van der Waals surface area contributed by atoms with Crippen molar-refractivity contribution in [1.29, 1.82) is 0 Å². The molecule has 5 nitrogen and oxygen atoms in total. The number of ketones is 1. The summed E-state index contributed by atoms with van der Waals surface area (Å²) in [4.78, 5) is 26.5. The van der Waals surface area contributed by atoms with Crippen LogP contribution in [0.3, 0.4) is 0 Å². The Labute approximate surface area is 197 Å². The Kier molecular flexibility index (Phi) is 6.96. The summed E-state index contributed by atoms with van der Waals surface area (Å²) in [6.45, 7) is 2.12. The monoisotopic (exact) mass is 469 g/mol. The number of ether oxygens (including phenoxy) is 2. The van der Waals surface area contributed by atoms with E-state index in [0.29, 0.717) is 40.3 Å². The first-order chi connectivity index (χ1) is 15.9. The standard InChI is InChI=1S/C26H25ClFNO4/c1-15-23(26(31)33-11-10-32-2)24(17-4-3-5-20(28)12-17)25-21(29-15)13-18(14-22(25)30)16-6-8-19(27)9-7-16/h3-9,12,18,24,29H,10-11,13-14H2,1-2H3/t18-,24+/m0/s1. The average molecular weight is 470 g/mol. The van der Waals surface area contributed by atoms with Gasteiger partial charge in [-0.2, -0.15) is 0 Å². The Morgan fingerprint density at radius 1 is 1.12 bits per heavy atom. The number of halogens is 2. The average Bonchev–Trinajstić information content (AvgIpc) is 2.78. The van der Waals surface area contributed by atoms with E-state index in [0.717, 1.165) is 11.3 Å². The summed E-state index contributed by atoms with van der Waals surface area (Å²) in [5.41, 5.74) is 3.72. The zero-order chi connectivity index (χ0) is 23.5. The van der Waals surface area contributed by atoms with Gasteiger partial charge in [-0.1, -0.05) is 35.9 Å². The van der Waals surface area contributed by atoms with Crippen molar-refractivity contribution in [3.05, 3.63) is 93.0 Å². The lowest BCUT2D eigenvalue weighted by Crippen LogP contribution is -2.36. The zero-order valence-corrected chi connectivity index (χ0v) is 19.2. The lowest BCUT2D eigenvalue weighted by atomic mass is 9.71. The molecule has 0 spiro atoms. The van der Waals surface area contributed by atoms with Gasteiger partial charge in [0.25, 0.3) is 0 Å². The van der Waals surface area contributed by atoms with Gasteiger partial charge in [0.2, 0.25) is 0 Å². The van der Waals surface area contributed by atoms with Crippen molar-refractivity contribution in [2.75, 3.05) is 20.3 Å². The molecule has 1 N–H and O–H groups in total. The maximum atomic E-state index is 14.2. The molecular formula is C26H25ClFNO4. The molecule has 1 aliphatic carbocycles. The van der Waals surface area contributed by atoms with Gasteiger partial charge in [0.05, 0.1) is 12.2 Å². The summed E-state index contributed by atoms with van der Waals surface area (Å²) in [6.07, 6.45) is 0.886. The van der Waals surface area contributed by atoms with Gasteiger partial charge in [-0.25, -0.2) is 9.18 Å². The van der Waals surface area contributed by atoms with Crippen LogP contribution >= 0.6 is 11.6 Å². The summed E-state index contributed by atoms with van der Waals surface area (Å²) in [5.74, 6) is -1.78. The molecule has 2 atom stereocenters. The van der Waals surface area contributed by atoms with Crippen molar-refractivity contribution >= 4 is 23.4 Å². The van der Waals surface area contributed by atoms with Gasteiger partial charge >= 0.3 is 5.97 Å². The lowest BCUT2D eigenvalue weighted by Gasteiger charge is -2.36. The number of methoxy groups -OCH3 is 1. The lowest BCUT2D eigenvalue weighted by molar-refractivity contribution is -0.140. The number of dihydropyridines is 1. The normalized spacial score (nSPS) is 20.4. The Balaban J connectivity index is 1.74. The predicted octanol–water partition coefficient (Wildman–Crippen LogP) is 5.03. The first-order valence-electron chi connectivity index (χ1n) is 10.8. The Bertz CT molecular complexity index is 1140. The smallest absolute Gasteiger partial charge is 0.336 e. The fourth-order valence-electron chi connectivity index (χ4n) is 4.60. The molecular weight excluding hydrogens is 445 g/mol. The number of nitrogens with one attached hydrogen (secondary N) is 1. The van der Waals surface area contributed by atoms with E-state index in [4.69, 9.17) is 21.1 Å². The van der Waals surface area contributed by atoms with Crippen molar-refractivity contribution in [1.82, 2.24) is 5.32 Å². The summed E-state index contributed by atoms with van der Waals surface area (Å²) >= 11 is 6.02. The predicted molar refractivity (Wildman–Crippen MR) is 123 cm³/mol. The number of hydrogen-bond donors (Lipinski definition) is 1. The second kappa shape index (κ2) is 9.89. The molecule has 7 heteroatoms. The topological polar surface area (TPSA) is 64.6 Å². The number of benzene rings is 2. The van der Waals surface area contributed by atoms with Gasteiger partial charge in [-0.3, -0.25) is 4.79 Å². The van der Waals surface area contributed by atoms with Gasteiger partial charge in [-0.05, 0) is 54.7 Å². The van der Waals surface area contributed by atoms with Crippen LogP contribution in [-0.4, -0.2) is 32.1 Å². The Hall–Kier alpha value is -2.96. The molecule has 1 heterocycles. The largest absolute Gasteiger partial charge is 0.460 e. The van der Waals surface area contributed by atoms with Crippen LogP contribution in [0.5, 0.6) is 0 Å². The fourth-order valence-corrected chi connectivity index (χ4v) is 4.72. The van der Waals surface area contributed by atoms with Crippen LogP contribution in [0.25, 0.3) is 0 Å². The molecule has 0 radical (unpaired) electrons. The van der Waals surface area contributed by atoms with Crippen molar-refractivity contribution < 1.29 is 23.5 Å². The molecule has 0 saturated carbocycles. The van der Waals surface area contributed by atoms with E-state index < -0.39 is 17.7 Å². The first-order valence-corrected chi connectivity index (χ1v) is 11.2. The summed E-state index contributed by atoms with van der Waals surface area (Å²) in [7, 11) is 1.52. The Morgan fingerprint density at radius 2 is 1.88 bits per heavy atom. The number of allylic oxidation sites excluding steroid dienone is 3. The van der Waals surface area contributed by atoms with Crippen molar-refractivity contribution in [2.45, 2.75) is 31.6 Å². The van der Waals surface area contributed by atoms with Crippen LogP contribution in [0, 0.1) is 5.82 Å². The molecule has 0 aromatic heterocycles. The molecule has 0 saturated heterocycles. The number of carbonyl (C=O) groups excluding carboxylic acids is 2. The molecule has 4 rings (SSSR count). The van der Waals surface area contributed by atoms with E-state index in [1.165, 1.54) is 19.2 Å². The van der Waals surface area contributed by atoms with Crippen LogP contribution in [-0.2, 0) is 19.1 Å². The quantitative estimate of drug-likeness (QED) is 0.475. The van der Waals surface area contributed by atoms with Crippen LogP contribution in [0.1, 0.15) is 42.7 Å². The zero-order valence-electron chi connectivity index (χ0n) is 18.5. The molecule has 0 amide bonds. The molecule has 2 aliphatic rings. The van der Waals surface area contributed by atoms with Gasteiger partial charge in [0.1, 0.15) is 12.4 Å². The summed E-state index contributed by atoms with van der Waals surface area (Å²) in [5, 5.41) is 3.92. The van der Waals surface area contributed by atoms with E-state index in [9.17, 15) is 14.0 Å². The third-order valence-corrected chi connectivity index (χ3v) is 6.34. The second-order valence-corrected chi connectivity index (χ2v) is 8.69. The van der Waals surface area contributed by atoms with Gasteiger partial charge < -0.3 is 14.8 Å². The maximum Gasteiger partial charge on any atom is 0.336 e. The fraction of sp³-hybridized carbons (Fsp3) is 0.308. The van der Waals surface area contributed by atoms with Crippen molar-refractivity contribution in [2.24, 2.45) is 0 Å². The van der Waals surface area contributed by atoms with Gasteiger partial charge in [0.15, 0.2) is 5.78 Å². The molecule has 33 heavy (non-hydrogen) atoms. The summed E-state index contributed by atoms with van der Waals surface area (Å²) in [6, 6.07) is 13.5. The van der Waals surface area contributed by atoms with E-state index >= 15 is 0 Å². The molecule has 0 fully saturated rings. The van der Waals surface area contributed by atoms with Crippen LogP contribution < -0.4 is 5.32 Å². The van der Waals surface area contributed by atoms with Crippen LogP contribution in [0.4, 0.5) is 4.39 Å². The second-order valence-electron chi connectivity index (χ2n) is 8.25.